The first-order chi connectivity index (χ1) is 11.1. The number of halogens is 2. The molecule has 0 N–H and O–H groups in total. The molecule has 0 bridgehead atoms. The summed E-state index contributed by atoms with van der Waals surface area (Å²) in [6.45, 7) is 1.48. The summed E-state index contributed by atoms with van der Waals surface area (Å²) in [5, 5.41) is 0.604. The molecule has 0 saturated carbocycles. The lowest BCUT2D eigenvalue weighted by atomic mass is 10.1. The Hall–Kier alpha value is -1.91. The predicted octanol–water partition coefficient (Wildman–Crippen LogP) is 4.33. The predicted molar refractivity (Wildman–Crippen MR) is 89.8 cm³/mol. The minimum atomic E-state index is -0.395. The fourth-order valence-electron chi connectivity index (χ4n) is 2.12. The lowest BCUT2D eigenvalue weighted by Gasteiger charge is -2.15. The standard InChI is InChI=1S/C18H19ClFNO2/c1-21(10-2-12-22)11-9-14-3-8-18(17(20)13-14)23-16-6-4-15(19)5-7-16/h3-8,12-13H,2,9-11H2,1H3. The summed E-state index contributed by atoms with van der Waals surface area (Å²) in [4.78, 5) is 12.4. The minimum absolute atomic E-state index is 0.186. The second-order valence-corrected chi connectivity index (χ2v) is 5.77. The van der Waals surface area contributed by atoms with E-state index in [-0.39, 0.29) is 5.75 Å². The van der Waals surface area contributed by atoms with E-state index in [0.29, 0.717) is 30.2 Å². The monoisotopic (exact) mass is 335 g/mol. The zero-order valence-corrected chi connectivity index (χ0v) is 13.7. The maximum Gasteiger partial charge on any atom is 0.165 e. The van der Waals surface area contributed by atoms with Gasteiger partial charge in [0.15, 0.2) is 11.6 Å². The van der Waals surface area contributed by atoms with E-state index in [0.717, 1.165) is 18.4 Å². The van der Waals surface area contributed by atoms with Crippen molar-refractivity contribution in [2.75, 3.05) is 20.1 Å². The molecule has 122 valence electrons. The molecule has 0 heterocycles. The number of carbonyl (C=O) groups excluding carboxylic acids is 1. The van der Waals surface area contributed by atoms with Gasteiger partial charge in [-0.05, 0) is 55.4 Å². The van der Waals surface area contributed by atoms with Gasteiger partial charge in [-0.2, -0.15) is 0 Å². The molecule has 5 heteroatoms. The first kappa shape index (κ1) is 17.4. The summed E-state index contributed by atoms with van der Waals surface area (Å²) < 4.78 is 19.6. The second kappa shape index (κ2) is 8.65. The van der Waals surface area contributed by atoms with Crippen molar-refractivity contribution in [2.24, 2.45) is 0 Å². The van der Waals surface area contributed by atoms with Crippen LogP contribution in [0.1, 0.15) is 12.0 Å². The first-order valence-corrected chi connectivity index (χ1v) is 7.80. The van der Waals surface area contributed by atoms with Gasteiger partial charge in [-0.15, -0.1) is 0 Å². The van der Waals surface area contributed by atoms with Crippen LogP contribution >= 0.6 is 11.6 Å². The Morgan fingerprint density at radius 1 is 1.17 bits per heavy atom. The molecule has 0 fully saturated rings. The highest BCUT2D eigenvalue weighted by molar-refractivity contribution is 6.30. The highest BCUT2D eigenvalue weighted by Crippen LogP contribution is 2.26. The third-order valence-electron chi connectivity index (χ3n) is 3.45. The van der Waals surface area contributed by atoms with Crippen LogP contribution in [0.2, 0.25) is 5.02 Å². The van der Waals surface area contributed by atoms with E-state index in [4.69, 9.17) is 16.3 Å². The van der Waals surface area contributed by atoms with E-state index in [1.165, 1.54) is 6.07 Å². The summed E-state index contributed by atoms with van der Waals surface area (Å²) in [5.74, 6) is 0.327. The summed E-state index contributed by atoms with van der Waals surface area (Å²) in [5.41, 5.74) is 0.893. The number of nitrogens with zero attached hydrogens (tertiary/aromatic N) is 1. The van der Waals surface area contributed by atoms with Crippen molar-refractivity contribution in [1.82, 2.24) is 4.90 Å². The van der Waals surface area contributed by atoms with Crippen LogP contribution in [0.5, 0.6) is 11.5 Å². The Balaban J connectivity index is 1.94. The third kappa shape index (κ3) is 5.66. The van der Waals surface area contributed by atoms with Crippen molar-refractivity contribution in [1.29, 1.82) is 0 Å². The Labute approximate surface area is 140 Å². The van der Waals surface area contributed by atoms with Gasteiger partial charge >= 0.3 is 0 Å². The Morgan fingerprint density at radius 3 is 2.57 bits per heavy atom. The fourth-order valence-corrected chi connectivity index (χ4v) is 2.24. The highest BCUT2D eigenvalue weighted by atomic mass is 35.5. The van der Waals surface area contributed by atoms with Crippen molar-refractivity contribution in [3.63, 3.8) is 0 Å². The van der Waals surface area contributed by atoms with Crippen molar-refractivity contribution in [3.8, 4) is 11.5 Å². The van der Waals surface area contributed by atoms with E-state index >= 15 is 0 Å². The Kier molecular flexibility index (Phi) is 6.56. The average molecular weight is 336 g/mol. The number of rotatable bonds is 8. The number of likely N-dealkylation sites (N-methyl/N-ethyl adjacent to an activating group) is 1. The van der Waals surface area contributed by atoms with Gasteiger partial charge in [-0.1, -0.05) is 17.7 Å². The number of hydrogen-bond donors (Lipinski definition) is 0. The molecule has 0 radical (unpaired) electrons. The molecule has 23 heavy (non-hydrogen) atoms. The van der Waals surface area contributed by atoms with Crippen LogP contribution in [0, 0.1) is 5.82 Å². The second-order valence-electron chi connectivity index (χ2n) is 5.33. The maximum atomic E-state index is 14.1. The molecule has 0 atom stereocenters. The lowest BCUT2D eigenvalue weighted by molar-refractivity contribution is -0.108. The van der Waals surface area contributed by atoms with Crippen LogP contribution < -0.4 is 4.74 Å². The zero-order valence-electron chi connectivity index (χ0n) is 13.0. The van der Waals surface area contributed by atoms with E-state index in [1.54, 1.807) is 30.3 Å². The first-order valence-electron chi connectivity index (χ1n) is 7.42. The molecule has 3 nitrogen and oxygen atoms in total. The van der Waals surface area contributed by atoms with Crippen LogP contribution in [-0.4, -0.2) is 31.3 Å². The molecular weight excluding hydrogens is 317 g/mol. The summed E-state index contributed by atoms with van der Waals surface area (Å²) in [7, 11) is 1.94. The number of aldehydes is 1. The van der Waals surface area contributed by atoms with Gasteiger partial charge in [-0.3, -0.25) is 0 Å². The SMILES string of the molecule is CN(CCC=O)CCc1ccc(Oc2ccc(Cl)cc2)c(F)c1. The largest absolute Gasteiger partial charge is 0.454 e. The van der Waals surface area contributed by atoms with Crippen molar-refractivity contribution in [3.05, 3.63) is 58.9 Å². The molecule has 0 amide bonds. The number of hydrogen-bond acceptors (Lipinski definition) is 3. The molecule has 0 aromatic heterocycles. The summed E-state index contributed by atoms with van der Waals surface area (Å²) >= 11 is 5.81. The van der Waals surface area contributed by atoms with Crippen molar-refractivity contribution in [2.45, 2.75) is 12.8 Å². The fraction of sp³-hybridized carbons (Fsp3) is 0.278. The van der Waals surface area contributed by atoms with Crippen LogP contribution in [-0.2, 0) is 11.2 Å². The molecule has 0 aliphatic rings. The van der Waals surface area contributed by atoms with Gasteiger partial charge < -0.3 is 14.4 Å². The molecule has 0 spiro atoms. The summed E-state index contributed by atoms with van der Waals surface area (Å²) in [6, 6.07) is 11.7. The number of benzene rings is 2. The van der Waals surface area contributed by atoms with Gasteiger partial charge in [0, 0.05) is 24.5 Å². The smallest absolute Gasteiger partial charge is 0.165 e. The van der Waals surface area contributed by atoms with E-state index in [2.05, 4.69) is 0 Å². The Morgan fingerprint density at radius 2 is 1.91 bits per heavy atom. The van der Waals surface area contributed by atoms with E-state index in [1.807, 2.05) is 18.0 Å². The summed E-state index contributed by atoms with van der Waals surface area (Å²) in [6.07, 6.45) is 2.13. The van der Waals surface area contributed by atoms with Gasteiger partial charge in [0.1, 0.15) is 12.0 Å². The van der Waals surface area contributed by atoms with Gasteiger partial charge in [0.25, 0.3) is 0 Å². The average Bonchev–Trinajstić information content (AvgIpc) is 2.55. The zero-order chi connectivity index (χ0) is 16.7. The quantitative estimate of drug-likeness (QED) is 0.672. The number of ether oxygens (including phenoxy) is 1. The van der Waals surface area contributed by atoms with Crippen molar-refractivity contribution >= 4 is 17.9 Å². The maximum absolute atomic E-state index is 14.1. The molecule has 2 rings (SSSR count). The number of carbonyl (C=O) groups is 1. The van der Waals surface area contributed by atoms with Gasteiger partial charge in [0.2, 0.25) is 0 Å². The third-order valence-corrected chi connectivity index (χ3v) is 3.70. The van der Waals surface area contributed by atoms with Crippen LogP contribution in [0.3, 0.4) is 0 Å². The molecule has 0 saturated heterocycles. The van der Waals surface area contributed by atoms with Gasteiger partial charge in [-0.25, -0.2) is 4.39 Å². The lowest BCUT2D eigenvalue weighted by Crippen LogP contribution is -2.22. The van der Waals surface area contributed by atoms with Crippen molar-refractivity contribution < 1.29 is 13.9 Å². The van der Waals surface area contributed by atoms with Crippen LogP contribution in [0.4, 0.5) is 4.39 Å². The molecule has 0 aliphatic heterocycles. The molecule has 2 aromatic rings. The van der Waals surface area contributed by atoms with E-state index < -0.39 is 5.82 Å². The van der Waals surface area contributed by atoms with Crippen LogP contribution in [0.25, 0.3) is 0 Å². The highest BCUT2D eigenvalue weighted by Gasteiger charge is 2.07. The van der Waals surface area contributed by atoms with E-state index in [9.17, 15) is 9.18 Å². The topological polar surface area (TPSA) is 29.5 Å². The van der Waals surface area contributed by atoms with Gasteiger partial charge in [0.05, 0.1) is 0 Å². The normalized spacial score (nSPS) is 10.8. The minimum Gasteiger partial charge on any atom is -0.454 e. The molecule has 2 aromatic carbocycles. The molecule has 0 unspecified atom stereocenters. The Bertz CT molecular complexity index is 646. The molecular formula is C18H19ClFNO2. The molecule has 0 aliphatic carbocycles. The van der Waals surface area contributed by atoms with Crippen LogP contribution in [0.15, 0.2) is 42.5 Å².